The van der Waals surface area contributed by atoms with Crippen LogP contribution in [0.2, 0.25) is 0 Å². The number of nitrogens with one attached hydrogen (secondary N) is 1. The maximum absolute atomic E-state index is 13.8. The Morgan fingerprint density at radius 3 is 2.76 bits per heavy atom. The normalized spacial score (nSPS) is 26.7. The van der Waals surface area contributed by atoms with Gasteiger partial charge in [0.25, 0.3) is 0 Å². The van der Waals surface area contributed by atoms with Crippen molar-refractivity contribution < 1.29 is 4.39 Å². The molecule has 2 aromatic rings. The minimum Gasteiger partial charge on any atom is -0.307 e. The van der Waals surface area contributed by atoms with Crippen molar-refractivity contribution in [2.45, 2.75) is 44.2 Å². The van der Waals surface area contributed by atoms with Crippen LogP contribution in [0.1, 0.15) is 54.0 Å². The number of benzene rings is 2. The summed E-state index contributed by atoms with van der Waals surface area (Å²) in [6.45, 7) is 2.22. The zero-order chi connectivity index (χ0) is 14.4. The summed E-state index contributed by atoms with van der Waals surface area (Å²) in [6.07, 6.45) is 3.19. The summed E-state index contributed by atoms with van der Waals surface area (Å²) in [4.78, 5) is 0. The highest BCUT2D eigenvalue weighted by Gasteiger charge is 2.38. The van der Waals surface area contributed by atoms with Crippen LogP contribution >= 0.6 is 0 Å². The molecule has 0 spiro atoms. The molecule has 0 amide bonds. The van der Waals surface area contributed by atoms with Gasteiger partial charge in [0.2, 0.25) is 0 Å². The van der Waals surface area contributed by atoms with Crippen LogP contribution in [0.4, 0.5) is 4.39 Å². The average Bonchev–Trinajstić information content (AvgIpc) is 2.89. The van der Waals surface area contributed by atoms with Crippen LogP contribution in [0.15, 0.2) is 42.5 Å². The average molecular weight is 281 g/mol. The van der Waals surface area contributed by atoms with Crippen LogP contribution < -0.4 is 5.32 Å². The second-order valence-corrected chi connectivity index (χ2v) is 6.31. The zero-order valence-corrected chi connectivity index (χ0v) is 12.3. The first-order chi connectivity index (χ1) is 10.3. The van der Waals surface area contributed by atoms with Gasteiger partial charge in [0, 0.05) is 18.0 Å². The molecule has 1 nitrogen and oxygen atoms in total. The Labute approximate surface area is 125 Å². The molecule has 21 heavy (non-hydrogen) atoms. The van der Waals surface area contributed by atoms with E-state index in [-0.39, 0.29) is 11.9 Å². The van der Waals surface area contributed by atoms with E-state index < -0.39 is 0 Å². The monoisotopic (exact) mass is 281 g/mol. The highest BCUT2D eigenvalue weighted by atomic mass is 19.1. The Morgan fingerprint density at radius 2 is 1.90 bits per heavy atom. The molecule has 1 fully saturated rings. The molecule has 1 aliphatic heterocycles. The predicted octanol–water partition coefficient (Wildman–Crippen LogP) is 4.33. The highest BCUT2D eigenvalue weighted by Crippen LogP contribution is 2.46. The Bertz CT molecular complexity index is 679. The molecule has 0 radical (unpaired) electrons. The van der Waals surface area contributed by atoms with Gasteiger partial charge in [-0.15, -0.1) is 0 Å². The minimum absolute atomic E-state index is 0.125. The fourth-order valence-corrected chi connectivity index (χ4v) is 4.06. The van der Waals surface area contributed by atoms with Gasteiger partial charge in [0.15, 0.2) is 0 Å². The number of halogens is 1. The topological polar surface area (TPSA) is 12.0 Å². The summed E-state index contributed by atoms with van der Waals surface area (Å²) in [5.74, 6) is 0.342. The molecule has 0 aromatic heterocycles. The summed E-state index contributed by atoms with van der Waals surface area (Å²) in [7, 11) is 0. The molecule has 2 heteroatoms. The maximum Gasteiger partial charge on any atom is 0.123 e. The molecule has 2 aliphatic rings. The van der Waals surface area contributed by atoms with Crippen molar-refractivity contribution >= 4 is 0 Å². The van der Waals surface area contributed by atoms with Crippen molar-refractivity contribution in [3.63, 3.8) is 0 Å². The predicted molar refractivity (Wildman–Crippen MR) is 83.0 cm³/mol. The van der Waals surface area contributed by atoms with Gasteiger partial charge in [-0.3, -0.25) is 0 Å². The lowest BCUT2D eigenvalue weighted by Gasteiger charge is -2.20. The molecule has 1 N–H and O–H groups in total. The first kappa shape index (κ1) is 13.0. The quantitative estimate of drug-likeness (QED) is 0.820. The lowest BCUT2D eigenvalue weighted by molar-refractivity contribution is 0.528. The number of rotatable bonds is 1. The van der Waals surface area contributed by atoms with Crippen LogP contribution in [0.25, 0.3) is 0 Å². The molecule has 3 atom stereocenters. The van der Waals surface area contributed by atoms with E-state index in [9.17, 15) is 4.39 Å². The summed E-state index contributed by atoms with van der Waals surface area (Å²) < 4.78 is 13.8. The fourth-order valence-electron chi connectivity index (χ4n) is 4.06. The lowest BCUT2D eigenvalue weighted by atomic mass is 9.87. The third-order valence-electron chi connectivity index (χ3n) is 5.13. The molecule has 1 saturated heterocycles. The molecule has 1 heterocycles. The van der Waals surface area contributed by atoms with Gasteiger partial charge in [0.1, 0.15) is 5.82 Å². The summed E-state index contributed by atoms with van der Waals surface area (Å²) >= 11 is 0. The van der Waals surface area contributed by atoms with Crippen LogP contribution in [0, 0.1) is 5.82 Å². The Kier molecular flexibility index (Phi) is 3.07. The van der Waals surface area contributed by atoms with E-state index in [2.05, 4.69) is 36.5 Å². The Hall–Kier alpha value is -1.67. The van der Waals surface area contributed by atoms with Crippen LogP contribution in [0.3, 0.4) is 0 Å². The van der Waals surface area contributed by atoms with E-state index in [0.29, 0.717) is 12.0 Å². The standard InChI is InChI=1S/C19H20FN/c1-2-15-11-18-16-6-4-3-5-12(16)9-13-7-8-14(20)10-17(13)19(18)21-15/h3-8,10,15,18-19,21H,2,9,11H2,1H3/t15-,18+,19+/m0/s1. The fraction of sp³-hybridized carbons (Fsp3) is 0.368. The van der Waals surface area contributed by atoms with Gasteiger partial charge in [-0.2, -0.15) is 0 Å². The van der Waals surface area contributed by atoms with Gasteiger partial charge < -0.3 is 5.32 Å². The third-order valence-corrected chi connectivity index (χ3v) is 5.13. The highest BCUT2D eigenvalue weighted by molar-refractivity contribution is 5.46. The molecule has 2 aromatic carbocycles. The van der Waals surface area contributed by atoms with Gasteiger partial charge >= 0.3 is 0 Å². The molecule has 4 rings (SSSR count). The van der Waals surface area contributed by atoms with Crippen molar-refractivity contribution in [1.82, 2.24) is 5.32 Å². The number of hydrogen-bond acceptors (Lipinski definition) is 1. The summed E-state index contributed by atoms with van der Waals surface area (Å²) in [5.41, 5.74) is 5.27. The van der Waals surface area contributed by atoms with Crippen LogP contribution in [-0.4, -0.2) is 6.04 Å². The van der Waals surface area contributed by atoms with Crippen molar-refractivity contribution in [2.75, 3.05) is 0 Å². The first-order valence-electron chi connectivity index (χ1n) is 7.88. The molecule has 0 saturated carbocycles. The second-order valence-electron chi connectivity index (χ2n) is 6.31. The Morgan fingerprint density at radius 1 is 1.10 bits per heavy atom. The van der Waals surface area contributed by atoms with E-state index in [4.69, 9.17) is 0 Å². The number of hydrogen-bond donors (Lipinski definition) is 1. The molecule has 0 bridgehead atoms. The summed E-state index contributed by atoms with van der Waals surface area (Å²) in [6, 6.07) is 14.8. The van der Waals surface area contributed by atoms with Gasteiger partial charge in [-0.25, -0.2) is 4.39 Å². The Balaban J connectivity index is 1.90. The molecule has 1 aliphatic carbocycles. The van der Waals surface area contributed by atoms with Crippen molar-refractivity contribution in [2.24, 2.45) is 0 Å². The smallest absolute Gasteiger partial charge is 0.123 e. The van der Waals surface area contributed by atoms with Gasteiger partial charge in [0.05, 0.1) is 0 Å². The largest absolute Gasteiger partial charge is 0.307 e. The van der Waals surface area contributed by atoms with Crippen LogP contribution in [0.5, 0.6) is 0 Å². The third kappa shape index (κ3) is 2.09. The molecular weight excluding hydrogens is 261 g/mol. The first-order valence-corrected chi connectivity index (χ1v) is 7.88. The van der Waals surface area contributed by atoms with Crippen molar-refractivity contribution in [3.8, 4) is 0 Å². The van der Waals surface area contributed by atoms with E-state index >= 15 is 0 Å². The van der Waals surface area contributed by atoms with E-state index in [1.807, 2.05) is 6.07 Å². The zero-order valence-electron chi connectivity index (χ0n) is 12.3. The van der Waals surface area contributed by atoms with Gasteiger partial charge in [-0.1, -0.05) is 37.3 Å². The molecule has 0 unspecified atom stereocenters. The van der Waals surface area contributed by atoms with E-state index in [1.54, 1.807) is 12.1 Å². The molecule has 108 valence electrons. The van der Waals surface area contributed by atoms with Crippen molar-refractivity contribution in [1.29, 1.82) is 0 Å². The maximum atomic E-state index is 13.8. The van der Waals surface area contributed by atoms with Gasteiger partial charge in [-0.05, 0) is 53.6 Å². The van der Waals surface area contributed by atoms with E-state index in [0.717, 1.165) is 24.8 Å². The van der Waals surface area contributed by atoms with Crippen molar-refractivity contribution in [3.05, 3.63) is 70.5 Å². The molecular formula is C19H20FN. The van der Waals surface area contributed by atoms with E-state index in [1.165, 1.54) is 16.7 Å². The second kappa shape index (κ2) is 4.96. The SMILES string of the molecule is CC[C@H]1C[C@@H]2c3ccccc3Cc3ccc(F)cc3[C@H]2N1. The number of fused-ring (bicyclic) bond motifs is 5. The van der Waals surface area contributed by atoms with Crippen LogP contribution in [-0.2, 0) is 6.42 Å². The minimum atomic E-state index is -0.125. The lowest BCUT2D eigenvalue weighted by Crippen LogP contribution is -2.24. The summed E-state index contributed by atoms with van der Waals surface area (Å²) in [5, 5.41) is 3.74.